The molecule has 3 aromatic carbocycles. The molecule has 0 fully saturated rings. The van der Waals surface area contributed by atoms with Gasteiger partial charge in [-0.1, -0.05) is 24.3 Å². The molecular formula is C27H24N2O7. The number of aliphatic carboxylic acids is 1. The largest absolute Gasteiger partial charge is 0.497 e. The van der Waals surface area contributed by atoms with Gasteiger partial charge in [0.2, 0.25) is 0 Å². The number of ether oxygens (including phenoxy) is 3. The Kier molecular flexibility index (Phi) is 8.44. The van der Waals surface area contributed by atoms with E-state index in [1.165, 1.54) is 26.4 Å². The summed E-state index contributed by atoms with van der Waals surface area (Å²) in [5.74, 6) is 0.436. The number of methoxy groups -OCH3 is 2. The number of rotatable bonds is 9. The number of carbonyl (C=O) groups excluding carboxylic acids is 2. The molecule has 184 valence electrons. The molecule has 36 heavy (non-hydrogen) atoms. The third-order valence-corrected chi connectivity index (χ3v) is 4.87. The van der Waals surface area contributed by atoms with Crippen LogP contribution >= 0.6 is 0 Å². The highest BCUT2D eigenvalue weighted by Gasteiger charge is 2.12. The number of nitrogens with two attached hydrogens (primary N) is 1. The van der Waals surface area contributed by atoms with Gasteiger partial charge in [-0.25, -0.2) is 9.59 Å². The van der Waals surface area contributed by atoms with Gasteiger partial charge in [0.25, 0.3) is 5.91 Å². The lowest BCUT2D eigenvalue weighted by atomic mass is 10.0. The van der Waals surface area contributed by atoms with Gasteiger partial charge < -0.3 is 25.1 Å². The number of urea groups is 1. The highest BCUT2D eigenvalue weighted by Crippen LogP contribution is 2.28. The van der Waals surface area contributed by atoms with Crippen LogP contribution < -0.4 is 25.3 Å². The number of amides is 3. The van der Waals surface area contributed by atoms with Crippen LogP contribution in [0.3, 0.4) is 0 Å². The van der Waals surface area contributed by atoms with E-state index in [2.05, 4.69) is 0 Å². The van der Waals surface area contributed by atoms with Crippen molar-refractivity contribution in [3.8, 4) is 23.0 Å². The van der Waals surface area contributed by atoms with E-state index in [4.69, 9.17) is 19.9 Å². The zero-order valence-electron chi connectivity index (χ0n) is 19.6. The molecule has 3 rings (SSSR count). The minimum absolute atomic E-state index is 0.0911. The molecule has 0 saturated heterocycles. The van der Waals surface area contributed by atoms with Crippen LogP contribution in [0.25, 0.3) is 17.7 Å². The minimum Gasteiger partial charge on any atom is -0.497 e. The molecule has 0 spiro atoms. The molecule has 0 saturated carbocycles. The van der Waals surface area contributed by atoms with Gasteiger partial charge >= 0.3 is 12.0 Å². The minimum atomic E-state index is -1.08. The second kappa shape index (κ2) is 11.9. The predicted molar refractivity (Wildman–Crippen MR) is 135 cm³/mol. The van der Waals surface area contributed by atoms with E-state index >= 15 is 0 Å². The maximum atomic E-state index is 12.0. The van der Waals surface area contributed by atoms with Crippen molar-refractivity contribution in [1.82, 2.24) is 5.32 Å². The quantitative estimate of drug-likeness (QED) is 0.301. The molecule has 9 heteroatoms. The molecule has 0 radical (unpaired) electrons. The molecule has 3 aromatic rings. The number of hydrogen-bond donors (Lipinski definition) is 3. The van der Waals surface area contributed by atoms with Crippen LogP contribution in [0, 0.1) is 0 Å². The van der Waals surface area contributed by atoms with E-state index in [1.807, 2.05) is 5.32 Å². The van der Waals surface area contributed by atoms with Crippen LogP contribution in [0.4, 0.5) is 4.79 Å². The molecule has 0 bridgehead atoms. The van der Waals surface area contributed by atoms with Gasteiger partial charge in [-0.2, -0.15) is 0 Å². The molecule has 0 aliphatic rings. The first kappa shape index (κ1) is 25.6. The molecule has 0 unspecified atom stereocenters. The number of nitrogens with one attached hydrogen (secondary N) is 1. The summed E-state index contributed by atoms with van der Waals surface area (Å²) in [5, 5.41) is 11.7. The van der Waals surface area contributed by atoms with E-state index < -0.39 is 17.9 Å². The van der Waals surface area contributed by atoms with Crippen molar-refractivity contribution in [2.45, 2.75) is 0 Å². The summed E-state index contributed by atoms with van der Waals surface area (Å²) in [7, 11) is 3.04. The van der Waals surface area contributed by atoms with Crippen molar-refractivity contribution in [1.29, 1.82) is 0 Å². The van der Waals surface area contributed by atoms with Gasteiger partial charge in [-0.05, 0) is 65.2 Å². The van der Waals surface area contributed by atoms with Gasteiger partial charge in [-0.15, -0.1) is 0 Å². The summed E-state index contributed by atoms with van der Waals surface area (Å²) in [6.07, 6.45) is 4.25. The molecule has 0 aliphatic carbocycles. The summed E-state index contributed by atoms with van der Waals surface area (Å²) >= 11 is 0. The molecule has 0 aliphatic heterocycles. The molecule has 0 heterocycles. The monoisotopic (exact) mass is 488 g/mol. The topological polar surface area (TPSA) is 137 Å². The standard InChI is InChI=1S/C27H24N2O7/c1-34-22-13-18(14-23(16-22)35-2)15-24(26(31)32)19-6-10-21(11-7-19)36-20-8-3-17(4-9-20)5-12-25(30)29-27(28)33/h3-16H,1-2H3,(H,31,32)(H3,28,29,30,33). The van der Waals surface area contributed by atoms with Crippen molar-refractivity contribution >= 4 is 35.6 Å². The Bertz CT molecular complexity index is 1290. The second-order valence-corrected chi connectivity index (χ2v) is 7.39. The summed E-state index contributed by atoms with van der Waals surface area (Å²) < 4.78 is 16.3. The molecule has 4 N–H and O–H groups in total. The third kappa shape index (κ3) is 7.22. The predicted octanol–water partition coefficient (Wildman–Crippen LogP) is 4.33. The number of hydrogen-bond acceptors (Lipinski definition) is 6. The van der Waals surface area contributed by atoms with E-state index in [1.54, 1.807) is 72.8 Å². The highest BCUT2D eigenvalue weighted by atomic mass is 16.5. The number of carboxylic acid groups (broad SMARTS) is 1. The second-order valence-electron chi connectivity index (χ2n) is 7.39. The van der Waals surface area contributed by atoms with Gasteiger partial charge in [-0.3, -0.25) is 10.1 Å². The fourth-order valence-corrected chi connectivity index (χ4v) is 3.17. The van der Waals surface area contributed by atoms with Crippen LogP contribution in [0.15, 0.2) is 72.8 Å². The fourth-order valence-electron chi connectivity index (χ4n) is 3.17. The molecule has 0 aromatic heterocycles. The average molecular weight is 488 g/mol. The Labute approximate surface area is 207 Å². The Morgan fingerprint density at radius 3 is 1.86 bits per heavy atom. The van der Waals surface area contributed by atoms with Crippen LogP contribution in [-0.4, -0.2) is 37.2 Å². The Morgan fingerprint density at radius 1 is 0.806 bits per heavy atom. The van der Waals surface area contributed by atoms with Crippen LogP contribution in [0.2, 0.25) is 0 Å². The summed E-state index contributed by atoms with van der Waals surface area (Å²) in [6, 6.07) is 17.7. The Hall–Kier alpha value is -5.05. The summed E-state index contributed by atoms with van der Waals surface area (Å²) in [4.78, 5) is 34.0. The maximum Gasteiger partial charge on any atom is 0.336 e. The Morgan fingerprint density at radius 2 is 1.36 bits per heavy atom. The van der Waals surface area contributed by atoms with Crippen LogP contribution in [0.5, 0.6) is 23.0 Å². The van der Waals surface area contributed by atoms with Crippen molar-refractivity contribution in [3.05, 3.63) is 89.5 Å². The smallest absolute Gasteiger partial charge is 0.336 e. The average Bonchev–Trinajstić information content (AvgIpc) is 2.86. The van der Waals surface area contributed by atoms with E-state index in [0.717, 1.165) is 0 Å². The first-order valence-electron chi connectivity index (χ1n) is 10.6. The normalized spacial score (nSPS) is 11.1. The summed E-state index contributed by atoms with van der Waals surface area (Å²) in [6.45, 7) is 0. The van der Waals surface area contributed by atoms with Gasteiger partial charge in [0.1, 0.15) is 23.0 Å². The van der Waals surface area contributed by atoms with Crippen molar-refractivity contribution in [2.24, 2.45) is 5.73 Å². The lowest BCUT2D eigenvalue weighted by molar-refractivity contribution is -0.130. The third-order valence-electron chi connectivity index (χ3n) is 4.87. The lowest BCUT2D eigenvalue weighted by Gasteiger charge is -2.09. The van der Waals surface area contributed by atoms with Crippen molar-refractivity contribution in [2.75, 3.05) is 14.2 Å². The molecule has 0 atom stereocenters. The van der Waals surface area contributed by atoms with Gasteiger partial charge in [0, 0.05) is 12.1 Å². The van der Waals surface area contributed by atoms with Crippen molar-refractivity contribution in [3.63, 3.8) is 0 Å². The lowest BCUT2D eigenvalue weighted by Crippen LogP contribution is -2.33. The number of primary amides is 1. The first-order chi connectivity index (χ1) is 17.3. The van der Waals surface area contributed by atoms with Crippen LogP contribution in [-0.2, 0) is 9.59 Å². The summed E-state index contributed by atoms with van der Waals surface area (Å²) in [5.41, 5.74) is 6.80. The number of carbonyl (C=O) groups is 3. The van der Waals surface area contributed by atoms with Gasteiger partial charge in [0.15, 0.2) is 0 Å². The zero-order chi connectivity index (χ0) is 26.1. The molecule has 3 amide bonds. The number of benzene rings is 3. The molecular weight excluding hydrogens is 464 g/mol. The Balaban J connectivity index is 1.74. The highest BCUT2D eigenvalue weighted by molar-refractivity contribution is 6.20. The van der Waals surface area contributed by atoms with E-state index in [-0.39, 0.29) is 5.57 Å². The fraction of sp³-hybridized carbons (Fsp3) is 0.0741. The first-order valence-corrected chi connectivity index (χ1v) is 10.6. The van der Waals surface area contributed by atoms with Gasteiger partial charge in [0.05, 0.1) is 19.8 Å². The van der Waals surface area contributed by atoms with E-state index in [0.29, 0.717) is 39.7 Å². The van der Waals surface area contributed by atoms with Crippen molar-refractivity contribution < 1.29 is 33.7 Å². The SMILES string of the molecule is COc1cc(C=C(C(=O)O)c2ccc(Oc3ccc(C=CC(=O)NC(N)=O)cc3)cc2)cc(OC)c1. The zero-order valence-corrected chi connectivity index (χ0v) is 19.6. The molecule has 9 nitrogen and oxygen atoms in total. The number of carboxylic acids is 1. The number of imide groups is 1. The van der Waals surface area contributed by atoms with E-state index in [9.17, 15) is 19.5 Å². The van der Waals surface area contributed by atoms with Crippen LogP contribution in [0.1, 0.15) is 16.7 Å². The maximum absolute atomic E-state index is 12.0.